The molecule has 2 heterocycles. The molecule has 0 atom stereocenters. The van der Waals surface area contributed by atoms with Crippen LogP contribution >= 0.6 is 0 Å². The molecule has 0 unspecified atom stereocenters. The van der Waals surface area contributed by atoms with E-state index in [0.717, 1.165) is 0 Å². The first kappa shape index (κ1) is 18.7. The minimum atomic E-state index is -0.158. The van der Waals surface area contributed by atoms with E-state index in [1.165, 1.54) is 6.26 Å². The normalized spacial score (nSPS) is 14.6. The summed E-state index contributed by atoms with van der Waals surface area (Å²) in [6.07, 6.45) is 2.72. The van der Waals surface area contributed by atoms with Crippen molar-refractivity contribution in [2.24, 2.45) is 5.92 Å². The average molecular weight is 369 g/mol. The summed E-state index contributed by atoms with van der Waals surface area (Å²) >= 11 is 0. The lowest BCUT2D eigenvalue weighted by Crippen LogP contribution is -2.44. The minimum Gasteiger partial charge on any atom is -0.459 e. The molecule has 0 bridgehead atoms. The Balaban J connectivity index is 1.35. The fourth-order valence-electron chi connectivity index (χ4n) is 3.10. The lowest BCUT2D eigenvalue weighted by atomic mass is 9.95. The van der Waals surface area contributed by atoms with E-state index < -0.39 is 0 Å². The lowest BCUT2D eigenvalue weighted by molar-refractivity contribution is -0.126. The van der Waals surface area contributed by atoms with Gasteiger partial charge in [-0.25, -0.2) is 0 Å². The van der Waals surface area contributed by atoms with Crippen molar-refractivity contribution in [2.75, 3.05) is 26.2 Å². The summed E-state index contributed by atoms with van der Waals surface area (Å²) in [4.78, 5) is 38.1. The second kappa shape index (κ2) is 9.02. The predicted octanol–water partition coefficient (Wildman–Crippen LogP) is 1.68. The van der Waals surface area contributed by atoms with Crippen LogP contribution in [0.25, 0.3) is 0 Å². The Morgan fingerprint density at radius 2 is 1.67 bits per heavy atom. The van der Waals surface area contributed by atoms with Crippen LogP contribution in [0.3, 0.4) is 0 Å². The Morgan fingerprint density at radius 1 is 0.963 bits per heavy atom. The molecule has 3 amide bonds. The Hall–Kier alpha value is -3.09. The van der Waals surface area contributed by atoms with E-state index in [0.29, 0.717) is 50.3 Å². The maximum absolute atomic E-state index is 12.3. The van der Waals surface area contributed by atoms with Crippen LogP contribution in [0.2, 0.25) is 0 Å². The third-order valence-electron chi connectivity index (χ3n) is 4.63. The highest BCUT2D eigenvalue weighted by molar-refractivity contribution is 5.94. The fraction of sp³-hybridized carbons (Fsp3) is 0.350. The molecule has 1 saturated heterocycles. The predicted molar refractivity (Wildman–Crippen MR) is 99.1 cm³/mol. The molecule has 1 aromatic heterocycles. The average Bonchev–Trinajstić information content (AvgIpc) is 3.26. The molecule has 1 aliphatic heterocycles. The van der Waals surface area contributed by atoms with Crippen LogP contribution in [-0.2, 0) is 4.79 Å². The number of nitrogens with one attached hydrogen (secondary N) is 2. The minimum absolute atomic E-state index is 0.0333. The molecular formula is C20H23N3O4. The Morgan fingerprint density at radius 3 is 2.33 bits per heavy atom. The topological polar surface area (TPSA) is 91.7 Å². The zero-order valence-corrected chi connectivity index (χ0v) is 15.0. The van der Waals surface area contributed by atoms with Gasteiger partial charge in [0.1, 0.15) is 0 Å². The zero-order chi connectivity index (χ0) is 19.1. The molecule has 2 N–H and O–H groups in total. The van der Waals surface area contributed by atoms with Gasteiger partial charge >= 0.3 is 0 Å². The molecule has 7 nitrogen and oxygen atoms in total. The summed E-state index contributed by atoms with van der Waals surface area (Å²) in [5, 5.41) is 5.63. The van der Waals surface area contributed by atoms with Gasteiger partial charge in [0.05, 0.1) is 6.26 Å². The van der Waals surface area contributed by atoms with Gasteiger partial charge in [0, 0.05) is 37.7 Å². The van der Waals surface area contributed by atoms with E-state index in [2.05, 4.69) is 10.6 Å². The number of amides is 3. The standard InChI is InChI=1S/C20H23N3O4/c24-18(15-5-2-1-3-6-15)21-10-11-22-19(25)16-8-12-23(13-9-16)20(26)17-7-4-14-27-17/h1-7,14,16H,8-13H2,(H,21,24)(H,22,25). The molecule has 2 aromatic rings. The number of benzene rings is 1. The fourth-order valence-corrected chi connectivity index (χ4v) is 3.10. The van der Waals surface area contributed by atoms with Crippen LogP contribution in [0.5, 0.6) is 0 Å². The number of piperidine rings is 1. The summed E-state index contributed by atoms with van der Waals surface area (Å²) in [5.74, 6) is -0.117. The molecule has 0 spiro atoms. The molecule has 142 valence electrons. The van der Waals surface area contributed by atoms with Gasteiger partial charge in [-0.15, -0.1) is 0 Å². The van der Waals surface area contributed by atoms with Crippen molar-refractivity contribution < 1.29 is 18.8 Å². The van der Waals surface area contributed by atoms with Gasteiger partial charge in [-0.1, -0.05) is 18.2 Å². The van der Waals surface area contributed by atoms with Crippen molar-refractivity contribution in [3.8, 4) is 0 Å². The molecule has 3 rings (SSSR count). The van der Waals surface area contributed by atoms with Crippen LogP contribution in [0.15, 0.2) is 53.1 Å². The van der Waals surface area contributed by atoms with Crippen molar-refractivity contribution in [3.05, 3.63) is 60.1 Å². The summed E-state index contributed by atoms with van der Waals surface area (Å²) in [7, 11) is 0. The molecule has 7 heteroatoms. The van der Waals surface area contributed by atoms with E-state index in [-0.39, 0.29) is 23.6 Å². The van der Waals surface area contributed by atoms with Gasteiger partial charge in [-0.2, -0.15) is 0 Å². The first-order valence-electron chi connectivity index (χ1n) is 9.09. The highest BCUT2D eigenvalue weighted by atomic mass is 16.3. The van der Waals surface area contributed by atoms with Crippen molar-refractivity contribution in [2.45, 2.75) is 12.8 Å². The second-order valence-electron chi connectivity index (χ2n) is 6.46. The quantitative estimate of drug-likeness (QED) is 0.758. The van der Waals surface area contributed by atoms with Crippen molar-refractivity contribution >= 4 is 17.7 Å². The van der Waals surface area contributed by atoms with E-state index in [1.807, 2.05) is 6.07 Å². The van der Waals surface area contributed by atoms with Crippen molar-refractivity contribution in [1.82, 2.24) is 15.5 Å². The van der Waals surface area contributed by atoms with Crippen LogP contribution < -0.4 is 10.6 Å². The van der Waals surface area contributed by atoms with Crippen LogP contribution in [0, 0.1) is 5.92 Å². The third kappa shape index (κ3) is 4.97. The SMILES string of the molecule is O=C(NCCNC(=O)C1CCN(C(=O)c2ccco2)CC1)c1ccccc1. The lowest BCUT2D eigenvalue weighted by Gasteiger charge is -2.30. The van der Waals surface area contributed by atoms with Gasteiger partial charge in [-0.3, -0.25) is 14.4 Å². The highest BCUT2D eigenvalue weighted by Gasteiger charge is 2.28. The van der Waals surface area contributed by atoms with Crippen LogP contribution in [0.1, 0.15) is 33.8 Å². The molecular weight excluding hydrogens is 346 g/mol. The number of nitrogens with zero attached hydrogens (tertiary/aromatic N) is 1. The summed E-state index contributed by atoms with van der Waals surface area (Å²) in [6, 6.07) is 12.3. The summed E-state index contributed by atoms with van der Waals surface area (Å²) in [6.45, 7) is 1.81. The van der Waals surface area contributed by atoms with Crippen molar-refractivity contribution in [1.29, 1.82) is 0 Å². The third-order valence-corrected chi connectivity index (χ3v) is 4.63. The van der Waals surface area contributed by atoms with E-state index >= 15 is 0 Å². The molecule has 27 heavy (non-hydrogen) atoms. The number of likely N-dealkylation sites (tertiary alicyclic amines) is 1. The van der Waals surface area contributed by atoms with Crippen molar-refractivity contribution in [3.63, 3.8) is 0 Å². The van der Waals surface area contributed by atoms with E-state index in [9.17, 15) is 14.4 Å². The van der Waals surface area contributed by atoms with E-state index in [1.54, 1.807) is 41.3 Å². The molecule has 1 aliphatic rings. The van der Waals surface area contributed by atoms with Gasteiger partial charge in [-0.05, 0) is 37.1 Å². The maximum atomic E-state index is 12.3. The van der Waals surface area contributed by atoms with Gasteiger partial charge in [0.2, 0.25) is 5.91 Å². The van der Waals surface area contributed by atoms with E-state index in [4.69, 9.17) is 4.42 Å². The first-order chi connectivity index (χ1) is 13.1. The number of carbonyl (C=O) groups is 3. The Kier molecular flexibility index (Phi) is 6.25. The number of rotatable bonds is 6. The zero-order valence-electron chi connectivity index (χ0n) is 15.0. The number of hydrogen-bond acceptors (Lipinski definition) is 4. The van der Waals surface area contributed by atoms with Crippen LogP contribution in [0.4, 0.5) is 0 Å². The van der Waals surface area contributed by atoms with Gasteiger partial charge in [0.15, 0.2) is 5.76 Å². The molecule has 1 aromatic carbocycles. The Bertz CT molecular complexity index is 766. The maximum Gasteiger partial charge on any atom is 0.289 e. The molecule has 0 aliphatic carbocycles. The van der Waals surface area contributed by atoms with Gasteiger partial charge in [0.25, 0.3) is 11.8 Å². The summed E-state index contributed by atoms with van der Waals surface area (Å²) in [5.41, 5.74) is 0.595. The molecule has 0 radical (unpaired) electrons. The largest absolute Gasteiger partial charge is 0.459 e. The Labute approximate surface area is 157 Å². The highest BCUT2D eigenvalue weighted by Crippen LogP contribution is 2.19. The molecule has 0 saturated carbocycles. The monoisotopic (exact) mass is 369 g/mol. The molecule has 1 fully saturated rings. The van der Waals surface area contributed by atoms with Crippen LogP contribution in [-0.4, -0.2) is 48.8 Å². The smallest absolute Gasteiger partial charge is 0.289 e. The summed E-state index contributed by atoms with van der Waals surface area (Å²) < 4.78 is 5.13. The van der Waals surface area contributed by atoms with Gasteiger partial charge < -0.3 is 20.0 Å². The number of carbonyl (C=O) groups excluding carboxylic acids is 3. The first-order valence-corrected chi connectivity index (χ1v) is 9.09. The number of furan rings is 1. The number of hydrogen-bond donors (Lipinski definition) is 2. The second-order valence-corrected chi connectivity index (χ2v) is 6.46.